The highest BCUT2D eigenvalue weighted by molar-refractivity contribution is 9.10. The van der Waals surface area contributed by atoms with Gasteiger partial charge in [0.25, 0.3) is 0 Å². The number of nitrogens with zero attached hydrogens (tertiary/aromatic N) is 2. The lowest BCUT2D eigenvalue weighted by molar-refractivity contribution is 0.888. The molecule has 0 aliphatic carbocycles. The summed E-state index contributed by atoms with van der Waals surface area (Å²) in [6, 6.07) is 9.86. The van der Waals surface area contributed by atoms with Crippen molar-refractivity contribution in [3.8, 4) is 0 Å². The molecule has 1 aromatic heterocycles. The number of nitrogens with one attached hydrogen (secondary N) is 1. The molecule has 2 aromatic rings. The smallest absolute Gasteiger partial charge is 0.144 e. The topological polar surface area (TPSA) is 63.8 Å². The Bertz CT molecular complexity index is 525. The number of halogens is 1. The normalized spacial score (nSPS) is 10.4. The van der Waals surface area contributed by atoms with Crippen LogP contribution in [0.2, 0.25) is 0 Å². The number of benzene rings is 1. The van der Waals surface area contributed by atoms with E-state index in [-0.39, 0.29) is 0 Å². The second-order valence-electron chi connectivity index (χ2n) is 3.54. The summed E-state index contributed by atoms with van der Waals surface area (Å²) in [5, 5.41) is 0.877. The third-order valence-corrected chi connectivity index (χ3v) is 4.21. The number of aromatic nitrogens is 2. The lowest BCUT2D eigenvalue weighted by Gasteiger charge is -2.07. The van der Waals surface area contributed by atoms with E-state index in [1.54, 1.807) is 11.8 Å². The van der Waals surface area contributed by atoms with E-state index in [9.17, 15) is 0 Å². The number of anilines is 1. The fourth-order valence-corrected chi connectivity index (χ4v) is 2.78. The largest absolute Gasteiger partial charge is 0.308 e. The van der Waals surface area contributed by atoms with Crippen molar-refractivity contribution < 1.29 is 0 Å². The summed E-state index contributed by atoms with van der Waals surface area (Å²) < 4.78 is 1.05. The van der Waals surface area contributed by atoms with Gasteiger partial charge in [0.05, 0.1) is 0 Å². The molecule has 0 spiro atoms. The molecule has 0 saturated carbocycles. The van der Waals surface area contributed by atoms with Gasteiger partial charge in [0.1, 0.15) is 16.7 Å². The number of aryl methyl sites for hydroxylation is 1. The van der Waals surface area contributed by atoms with E-state index in [2.05, 4.69) is 31.3 Å². The predicted molar refractivity (Wildman–Crippen MR) is 77.5 cm³/mol. The van der Waals surface area contributed by atoms with Crippen LogP contribution in [0.5, 0.6) is 0 Å². The second kappa shape index (κ2) is 6.17. The Hall–Kier alpha value is -1.11. The van der Waals surface area contributed by atoms with E-state index < -0.39 is 0 Å². The summed E-state index contributed by atoms with van der Waals surface area (Å²) in [6.45, 7) is 2.02. The summed E-state index contributed by atoms with van der Waals surface area (Å²) in [6.07, 6.45) is 0.777. The Balaban J connectivity index is 2.31. The molecule has 0 aliphatic heterocycles. The first-order chi connectivity index (χ1) is 8.72. The van der Waals surface area contributed by atoms with Crippen LogP contribution in [0.3, 0.4) is 0 Å². The van der Waals surface area contributed by atoms with Crippen molar-refractivity contribution in [3.05, 3.63) is 40.6 Å². The summed E-state index contributed by atoms with van der Waals surface area (Å²) in [7, 11) is 0. The van der Waals surface area contributed by atoms with Crippen LogP contribution in [0.25, 0.3) is 0 Å². The van der Waals surface area contributed by atoms with Gasteiger partial charge in [-0.05, 0) is 28.1 Å². The van der Waals surface area contributed by atoms with Gasteiger partial charge in [-0.2, -0.15) is 0 Å². The van der Waals surface area contributed by atoms with Gasteiger partial charge in [0.15, 0.2) is 0 Å². The molecule has 0 amide bonds. The van der Waals surface area contributed by atoms with Gasteiger partial charge in [0.2, 0.25) is 0 Å². The molecule has 0 bridgehead atoms. The van der Waals surface area contributed by atoms with E-state index in [1.807, 2.05) is 37.3 Å². The number of nitrogen functional groups attached to an aromatic ring is 1. The molecule has 2 rings (SSSR count). The van der Waals surface area contributed by atoms with Gasteiger partial charge in [-0.15, -0.1) is 0 Å². The fourth-order valence-electron chi connectivity index (χ4n) is 1.40. The molecule has 0 atom stereocenters. The van der Waals surface area contributed by atoms with Crippen molar-refractivity contribution in [3.63, 3.8) is 0 Å². The monoisotopic (exact) mass is 324 g/mol. The third kappa shape index (κ3) is 3.22. The van der Waals surface area contributed by atoms with Crippen LogP contribution in [0.4, 0.5) is 5.82 Å². The van der Waals surface area contributed by atoms with Gasteiger partial charge in [-0.3, -0.25) is 0 Å². The molecule has 1 aromatic carbocycles. The third-order valence-electron chi connectivity index (χ3n) is 2.26. The van der Waals surface area contributed by atoms with Crippen molar-refractivity contribution in [1.29, 1.82) is 0 Å². The maximum Gasteiger partial charge on any atom is 0.144 e. The molecule has 94 valence electrons. The van der Waals surface area contributed by atoms with Gasteiger partial charge in [-0.1, -0.05) is 30.8 Å². The minimum absolute atomic E-state index is 0.636. The molecule has 0 saturated heterocycles. The molecule has 0 unspecified atom stereocenters. The number of hydrazine groups is 1. The van der Waals surface area contributed by atoms with Crippen LogP contribution in [0.1, 0.15) is 12.7 Å². The summed E-state index contributed by atoms with van der Waals surface area (Å²) in [4.78, 5) is 9.85. The fraction of sp³-hybridized carbons (Fsp3) is 0.167. The molecule has 0 aliphatic rings. The van der Waals surface area contributed by atoms with Crippen LogP contribution >= 0.6 is 27.7 Å². The first-order valence-electron chi connectivity index (χ1n) is 5.50. The van der Waals surface area contributed by atoms with Crippen LogP contribution in [0, 0.1) is 0 Å². The second-order valence-corrected chi connectivity index (χ2v) is 5.45. The van der Waals surface area contributed by atoms with Crippen LogP contribution in [-0.2, 0) is 6.42 Å². The highest BCUT2D eigenvalue weighted by Gasteiger charge is 2.06. The average Bonchev–Trinajstić information content (AvgIpc) is 2.41. The number of nitrogens with two attached hydrogens (primary N) is 1. The molecule has 18 heavy (non-hydrogen) atoms. The minimum Gasteiger partial charge on any atom is -0.308 e. The summed E-state index contributed by atoms with van der Waals surface area (Å²) >= 11 is 5.10. The first kappa shape index (κ1) is 13.3. The van der Waals surface area contributed by atoms with Crippen molar-refractivity contribution in [2.45, 2.75) is 23.3 Å². The molecular formula is C12H13BrN4S. The average molecular weight is 325 g/mol. The Morgan fingerprint density at radius 3 is 2.78 bits per heavy atom. The molecule has 4 nitrogen and oxygen atoms in total. The van der Waals surface area contributed by atoms with E-state index in [0.717, 1.165) is 26.6 Å². The zero-order valence-electron chi connectivity index (χ0n) is 9.85. The lowest BCUT2D eigenvalue weighted by atomic mass is 10.4. The van der Waals surface area contributed by atoms with Crippen molar-refractivity contribution in [1.82, 2.24) is 9.97 Å². The van der Waals surface area contributed by atoms with Gasteiger partial charge in [-0.25, -0.2) is 15.8 Å². The van der Waals surface area contributed by atoms with Crippen molar-refractivity contribution >= 4 is 33.5 Å². The first-order valence-corrected chi connectivity index (χ1v) is 7.11. The van der Waals surface area contributed by atoms with Crippen LogP contribution < -0.4 is 11.3 Å². The van der Waals surface area contributed by atoms with Gasteiger partial charge in [0, 0.05) is 21.9 Å². The highest BCUT2D eigenvalue weighted by Crippen LogP contribution is 2.32. The molecule has 0 fully saturated rings. The maximum atomic E-state index is 5.41. The van der Waals surface area contributed by atoms with Crippen LogP contribution in [-0.4, -0.2) is 9.97 Å². The highest BCUT2D eigenvalue weighted by atomic mass is 79.9. The quantitative estimate of drug-likeness (QED) is 0.513. The van der Waals surface area contributed by atoms with Crippen molar-refractivity contribution in [2.75, 3.05) is 5.43 Å². The number of hydrogen-bond acceptors (Lipinski definition) is 5. The SMILES string of the molecule is CCc1nc(NN)cc(Sc2ccccc2Br)n1. The summed E-state index contributed by atoms with van der Waals surface area (Å²) in [5.74, 6) is 6.82. The Morgan fingerprint density at radius 2 is 2.11 bits per heavy atom. The summed E-state index contributed by atoms with van der Waals surface area (Å²) in [5.41, 5.74) is 2.57. The van der Waals surface area contributed by atoms with E-state index >= 15 is 0 Å². The standard InChI is InChI=1S/C12H13BrN4S/c1-2-10-15-11(17-14)7-12(16-10)18-9-6-4-3-5-8(9)13/h3-7H,2,14H2,1H3,(H,15,16,17). The maximum absolute atomic E-state index is 5.41. The van der Waals surface area contributed by atoms with E-state index in [1.165, 1.54) is 0 Å². The van der Waals surface area contributed by atoms with Crippen LogP contribution in [0.15, 0.2) is 44.7 Å². The number of hydrogen-bond donors (Lipinski definition) is 2. The molecule has 0 radical (unpaired) electrons. The zero-order valence-corrected chi connectivity index (χ0v) is 12.3. The Morgan fingerprint density at radius 1 is 1.33 bits per heavy atom. The Kier molecular flexibility index (Phi) is 4.57. The zero-order chi connectivity index (χ0) is 13.0. The number of rotatable bonds is 4. The Labute approximate surface area is 119 Å². The molecule has 3 N–H and O–H groups in total. The molecule has 6 heteroatoms. The molecule has 1 heterocycles. The molecular weight excluding hydrogens is 312 g/mol. The lowest BCUT2D eigenvalue weighted by Crippen LogP contribution is -2.10. The van der Waals surface area contributed by atoms with Gasteiger partial charge >= 0.3 is 0 Å². The van der Waals surface area contributed by atoms with E-state index in [0.29, 0.717) is 5.82 Å². The minimum atomic E-state index is 0.636. The van der Waals surface area contributed by atoms with Gasteiger partial charge < -0.3 is 5.43 Å². The van der Waals surface area contributed by atoms with E-state index in [4.69, 9.17) is 5.84 Å². The van der Waals surface area contributed by atoms with Crippen molar-refractivity contribution in [2.24, 2.45) is 5.84 Å². The predicted octanol–water partition coefficient (Wildman–Crippen LogP) is 3.24.